The minimum absolute atomic E-state index is 0.393. The third-order valence-electron chi connectivity index (χ3n) is 7.88. The number of hydrogen-bond donors (Lipinski definition) is 3. The molecule has 0 aromatic carbocycles. The summed E-state index contributed by atoms with van der Waals surface area (Å²) in [4.78, 5) is 9.54. The quantitative estimate of drug-likeness (QED) is 0.541. The van der Waals surface area contributed by atoms with E-state index in [-0.39, 0.29) is 0 Å². The summed E-state index contributed by atoms with van der Waals surface area (Å²) in [7, 11) is 3.94. The predicted molar refractivity (Wildman–Crippen MR) is 132 cm³/mol. The number of nitrogens with one attached hydrogen (secondary N) is 3. The first-order valence-electron chi connectivity index (χ1n) is 11.9. The van der Waals surface area contributed by atoms with Crippen molar-refractivity contribution in [3.8, 4) is 0 Å². The normalized spacial score (nSPS) is 25.1. The van der Waals surface area contributed by atoms with Crippen molar-refractivity contribution in [2.75, 3.05) is 46.8 Å². The molecule has 6 heteroatoms. The maximum absolute atomic E-state index is 8.03. The zero-order valence-electron chi connectivity index (χ0n) is 20.8. The SMILES string of the molecule is CN/C=C(\C(C)=N)C1=CN=C(NCC2CC23CCN(CC(C)C(C)(C)C)CC3)CN1C. The largest absolute Gasteiger partial charge is 0.393 e. The third-order valence-corrected chi connectivity index (χ3v) is 7.88. The molecule has 2 aliphatic heterocycles. The van der Waals surface area contributed by atoms with Crippen LogP contribution in [0.3, 0.4) is 0 Å². The molecule has 0 bridgehead atoms. The summed E-state index contributed by atoms with van der Waals surface area (Å²) < 4.78 is 0. The van der Waals surface area contributed by atoms with Gasteiger partial charge in [0, 0.05) is 44.7 Å². The monoisotopic (exact) mass is 428 g/mol. The fourth-order valence-electron chi connectivity index (χ4n) is 4.90. The van der Waals surface area contributed by atoms with Crippen molar-refractivity contribution in [3.05, 3.63) is 23.7 Å². The van der Waals surface area contributed by atoms with Crippen LogP contribution in [0.25, 0.3) is 0 Å². The van der Waals surface area contributed by atoms with Crippen LogP contribution in [0.15, 0.2) is 28.7 Å². The molecule has 6 nitrogen and oxygen atoms in total. The van der Waals surface area contributed by atoms with E-state index < -0.39 is 0 Å². The number of hydrogen-bond acceptors (Lipinski definition) is 6. The summed E-state index contributed by atoms with van der Waals surface area (Å²) in [6.07, 6.45) is 7.84. The highest BCUT2D eigenvalue weighted by atomic mass is 15.2. The summed E-state index contributed by atoms with van der Waals surface area (Å²) in [5.74, 6) is 2.56. The van der Waals surface area contributed by atoms with E-state index in [0.29, 0.717) is 16.5 Å². The molecule has 2 heterocycles. The van der Waals surface area contributed by atoms with Crippen LogP contribution in [-0.4, -0.2) is 68.2 Å². The average molecular weight is 429 g/mol. The van der Waals surface area contributed by atoms with Crippen molar-refractivity contribution in [3.63, 3.8) is 0 Å². The lowest BCUT2D eigenvalue weighted by Crippen LogP contribution is -2.41. The van der Waals surface area contributed by atoms with Crippen molar-refractivity contribution in [2.24, 2.45) is 27.7 Å². The van der Waals surface area contributed by atoms with Crippen LogP contribution in [-0.2, 0) is 0 Å². The lowest BCUT2D eigenvalue weighted by molar-refractivity contribution is 0.112. The fourth-order valence-corrected chi connectivity index (χ4v) is 4.90. The van der Waals surface area contributed by atoms with E-state index in [9.17, 15) is 0 Å². The number of aliphatic imine (C=N–C) groups is 1. The van der Waals surface area contributed by atoms with E-state index in [0.717, 1.165) is 42.0 Å². The minimum atomic E-state index is 0.393. The van der Waals surface area contributed by atoms with Gasteiger partial charge in [0.1, 0.15) is 5.84 Å². The van der Waals surface area contributed by atoms with E-state index >= 15 is 0 Å². The van der Waals surface area contributed by atoms with Gasteiger partial charge in [0.05, 0.1) is 18.4 Å². The molecule has 3 N–H and O–H groups in total. The number of likely N-dealkylation sites (N-methyl/N-ethyl adjacent to an activating group) is 1. The number of piperidine rings is 1. The minimum Gasteiger partial charge on any atom is -0.393 e. The van der Waals surface area contributed by atoms with Gasteiger partial charge in [-0.25, -0.2) is 4.99 Å². The third kappa shape index (κ3) is 5.71. The molecule has 1 saturated heterocycles. The zero-order valence-corrected chi connectivity index (χ0v) is 20.8. The van der Waals surface area contributed by atoms with Gasteiger partial charge in [-0.2, -0.15) is 0 Å². The Morgan fingerprint density at radius 1 is 1.35 bits per heavy atom. The zero-order chi connectivity index (χ0) is 22.8. The molecule has 0 aromatic rings. The van der Waals surface area contributed by atoms with Gasteiger partial charge in [0.2, 0.25) is 0 Å². The maximum atomic E-state index is 8.03. The van der Waals surface area contributed by atoms with E-state index in [2.05, 4.69) is 60.2 Å². The Kier molecular flexibility index (Phi) is 7.19. The van der Waals surface area contributed by atoms with Gasteiger partial charge in [0.25, 0.3) is 0 Å². The molecular formula is C25H44N6. The second-order valence-electron chi connectivity index (χ2n) is 11.1. The summed E-state index contributed by atoms with van der Waals surface area (Å²) in [5, 5.41) is 14.7. The Labute approximate surface area is 189 Å². The number of nitrogens with zero attached hydrogens (tertiary/aromatic N) is 3. The van der Waals surface area contributed by atoms with E-state index in [4.69, 9.17) is 5.41 Å². The Morgan fingerprint density at radius 3 is 2.58 bits per heavy atom. The van der Waals surface area contributed by atoms with Crippen molar-refractivity contribution in [1.82, 2.24) is 20.4 Å². The lowest BCUT2D eigenvalue weighted by Gasteiger charge is -2.38. The van der Waals surface area contributed by atoms with Crippen LogP contribution in [0, 0.1) is 28.1 Å². The molecular weight excluding hydrogens is 384 g/mol. The molecule has 1 spiro atoms. The molecule has 0 amide bonds. The molecule has 1 saturated carbocycles. The molecule has 174 valence electrons. The van der Waals surface area contributed by atoms with E-state index in [1.54, 1.807) is 0 Å². The fraction of sp³-hybridized carbons (Fsp3) is 0.760. The van der Waals surface area contributed by atoms with Crippen molar-refractivity contribution >= 4 is 11.5 Å². The van der Waals surface area contributed by atoms with Crippen molar-refractivity contribution < 1.29 is 0 Å². The second kappa shape index (κ2) is 9.35. The van der Waals surface area contributed by atoms with E-state index in [1.165, 1.54) is 38.9 Å². The lowest BCUT2D eigenvalue weighted by atomic mass is 9.81. The van der Waals surface area contributed by atoms with Gasteiger partial charge in [-0.05, 0) is 61.9 Å². The smallest absolute Gasteiger partial charge is 0.121 e. The van der Waals surface area contributed by atoms with Gasteiger partial charge in [0.15, 0.2) is 0 Å². The Hall–Kier alpha value is -1.82. The average Bonchev–Trinajstić information content (AvgIpc) is 3.38. The molecule has 0 aromatic heterocycles. The van der Waals surface area contributed by atoms with Crippen LogP contribution >= 0.6 is 0 Å². The maximum Gasteiger partial charge on any atom is 0.121 e. The number of rotatable bonds is 7. The van der Waals surface area contributed by atoms with E-state index in [1.807, 2.05) is 26.4 Å². The first kappa shape index (κ1) is 23.8. The van der Waals surface area contributed by atoms with Crippen molar-refractivity contribution in [1.29, 1.82) is 5.41 Å². The van der Waals surface area contributed by atoms with Gasteiger partial charge in [-0.3, -0.25) is 0 Å². The first-order valence-corrected chi connectivity index (χ1v) is 11.9. The number of allylic oxidation sites excluding steroid dienone is 1. The molecule has 0 radical (unpaired) electrons. The van der Waals surface area contributed by atoms with Crippen LogP contribution in [0.2, 0.25) is 0 Å². The number of amidine groups is 1. The van der Waals surface area contributed by atoms with Crippen molar-refractivity contribution in [2.45, 2.75) is 53.9 Å². The molecule has 1 aliphatic carbocycles. The molecule has 3 rings (SSSR count). The Balaban J connectivity index is 1.48. The van der Waals surface area contributed by atoms with Gasteiger partial charge < -0.3 is 25.8 Å². The van der Waals surface area contributed by atoms with Gasteiger partial charge in [-0.1, -0.05) is 27.7 Å². The Morgan fingerprint density at radius 2 is 2.03 bits per heavy atom. The van der Waals surface area contributed by atoms with Crippen LogP contribution in [0.4, 0.5) is 0 Å². The summed E-state index contributed by atoms with van der Waals surface area (Å²) in [5.41, 5.74) is 3.40. The summed E-state index contributed by atoms with van der Waals surface area (Å²) in [6.45, 7) is 16.9. The molecule has 2 atom stereocenters. The summed E-state index contributed by atoms with van der Waals surface area (Å²) >= 11 is 0. The van der Waals surface area contributed by atoms with Crippen LogP contribution in [0.5, 0.6) is 0 Å². The first-order chi connectivity index (χ1) is 14.6. The van der Waals surface area contributed by atoms with Crippen LogP contribution in [0.1, 0.15) is 53.9 Å². The summed E-state index contributed by atoms with van der Waals surface area (Å²) in [6, 6.07) is 0. The highest BCUT2D eigenvalue weighted by Gasteiger charge is 2.54. The highest BCUT2D eigenvalue weighted by Crippen LogP contribution is 2.59. The molecule has 2 fully saturated rings. The van der Waals surface area contributed by atoms with Crippen LogP contribution < -0.4 is 10.6 Å². The standard InChI is InChI=1S/C25H44N6/c1-18(24(3,4)5)16-31-10-8-25(9-11-31)12-20(25)13-28-23-17-30(7)22(15-29-23)21(14-27-6)19(2)26/h14-15,18,20,26-27H,8-13,16-17H2,1-7H3,(H,28,29)/b21-14+,26-19?. The number of likely N-dealkylation sites (tertiary alicyclic amines) is 1. The topological polar surface area (TPSA) is 66.8 Å². The van der Waals surface area contributed by atoms with Gasteiger partial charge in [-0.15, -0.1) is 0 Å². The highest BCUT2D eigenvalue weighted by molar-refractivity contribution is 6.00. The molecule has 2 unspecified atom stereocenters. The second-order valence-corrected chi connectivity index (χ2v) is 11.1. The Bertz CT molecular complexity index is 748. The molecule has 31 heavy (non-hydrogen) atoms. The predicted octanol–water partition coefficient (Wildman–Crippen LogP) is 3.69. The molecule has 3 aliphatic rings. The van der Waals surface area contributed by atoms with Gasteiger partial charge >= 0.3 is 0 Å².